The zero-order valence-corrected chi connectivity index (χ0v) is 18.2. The molecule has 1 aromatic heterocycles. The lowest BCUT2D eigenvalue weighted by Gasteiger charge is -2.36. The van der Waals surface area contributed by atoms with E-state index in [1.54, 1.807) is 25.3 Å². The van der Waals surface area contributed by atoms with Gasteiger partial charge < -0.3 is 24.3 Å². The van der Waals surface area contributed by atoms with Crippen molar-refractivity contribution in [2.45, 2.75) is 12.6 Å². The predicted octanol–water partition coefficient (Wildman–Crippen LogP) is 1.46. The van der Waals surface area contributed by atoms with Gasteiger partial charge >= 0.3 is 0 Å². The molecular weight excluding hydrogens is 394 g/mol. The van der Waals surface area contributed by atoms with Gasteiger partial charge in [-0.15, -0.1) is 12.4 Å². The van der Waals surface area contributed by atoms with Crippen LogP contribution < -0.4 is 14.8 Å². The second-order valence-electron chi connectivity index (χ2n) is 7.03. The molecule has 1 fully saturated rings. The van der Waals surface area contributed by atoms with E-state index >= 15 is 0 Å². The van der Waals surface area contributed by atoms with Crippen LogP contribution in [-0.2, 0) is 18.4 Å². The first-order valence-electron chi connectivity index (χ1n) is 9.40. The van der Waals surface area contributed by atoms with Crippen molar-refractivity contribution in [1.82, 2.24) is 24.7 Å². The topological polar surface area (TPSA) is 71.9 Å². The number of likely N-dealkylation sites (N-methyl/N-ethyl adjacent to an activating group) is 1. The Kier molecular flexibility index (Phi) is 8.31. The Labute approximate surface area is 178 Å². The van der Waals surface area contributed by atoms with Crippen molar-refractivity contribution in [2.75, 3.05) is 47.4 Å². The molecule has 1 aromatic carbocycles. The van der Waals surface area contributed by atoms with E-state index in [0.717, 1.165) is 31.0 Å². The van der Waals surface area contributed by atoms with Crippen molar-refractivity contribution in [3.8, 4) is 11.5 Å². The SMILES string of the molecule is COc1ccc(CN(C)C(=O)CN2CCNCC2c2nccn2C)cc1OC.Cl. The number of piperazine rings is 1. The van der Waals surface area contributed by atoms with Gasteiger partial charge in [-0.2, -0.15) is 0 Å². The van der Waals surface area contributed by atoms with Crippen LogP contribution in [0.4, 0.5) is 0 Å². The summed E-state index contributed by atoms with van der Waals surface area (Å²) in [6.07, 6.45) is 3.74. The number of amides is 1. The molecule has 1 N–H and O–H groups in total. The lowest BCUT2D eigenvalue weighted by molar-refractivity contribution is -0.132. The summed E-state index contributed by atoms with van der Waals surface area (Å²) in [7, 11) is 7.04. The van der Waals surface area contributed by atoms with E-state index in [1.165, 1.54) is 0 Å². The summed E-state index contributed by atoms with van der Waals surface area (Å²) < 4.78 is 12.6. The van der Waals surface area contributed by atoms with Crippen LogP contribution in [0.25, 0.3) is 0 Å². The number of nitrogens with one attached hydrogen (secondary N) is 1. The summed E-state index contributed by atoms with van der Waals surface area (Å²) in [4.78, 5) is 21.3. The smallest absolute Gasteiger partial charge is 0.236 e. The van der Waals surface area contributed by atoms with Crippen LogP contribution in [0.5, 0.6) is 11.5 Å². The normalized spacial score (nSPS) is 16.8. The number of methoxy groups -OCH3 is 2. The van der Waals surface area contributed by atoms with Gasteiger partial charge in [0.1, 0.15) is 5.82 Å². The van der Waals surface area contributed by atoms with Crippen LogP contribution in [0.1, 0.15) is 17.4 Å². The van der Waals surface area contributed by atoms with E-state index in [9.17, 15) is 4.79 Å². The number of benzene rings is 1. The number of nitrogens with zero attached hydrogens (tertiary/aromatic N) is 4. The number of halogens is 1. The molecule has 1 atom stereocenters. The summed E-state index contributed by atoms with van der Waals surface area (Å²) in [5, 5.41) is 3.40. The van der Waals surface area contributed by atoms with Crippen LogP contribution in [0.15, 0.2) is 30.6 Å². The third-order valence-corrected chi connectivity index (χ3v) is 5.14. The number of aromatic nitrogens is 2. The Bertz CT molecular complexity index is 813. The number of hydrogen-bond donors (Lipinski definition) is 1. The number of carbonyl (C=O) groups excluding carboxylic acids is 1. The van der Waals surface area contributed by atoms with Crippen LogP contribution in [0, 0.1) is 0 Å². The van der Waals surface area contributed by atoms with Crippen molar-refractivity contribution in [1.29, 1.82) is 0 Å². The Morgan fingerprint density at radius 1 is 1.31 bits per heavy atom. The molecule has 0 radical (unpaired) electrons. The van der Waals surface area contributed by atoms with Crippen molar-refractivity contribution in [3.05, 3.63) is 42.0 Å². The van der Waals surface area contributed by atoms with Crippen molar-refractivity contribution >= 4 is 18.3 Å². The number of carbonyl (C=O) groups is 1. The maximum Gasteiger partial charge on any atom is 0.236 e. The molecule has 1 aliphatic heterocycles. The monoisotopic (exact) mass is 423 g/mol. The molecule has 8 nitrogen and oxygen atoms in total. The third kappa shape index (κ3) is 5.41. The van der Waals surface area contributed by atoms with E-state index in [-0.39, 0.29) is 24.4 Å². The Morgan fingerprint density at radius 3 is 2.72 bits per heavy atom. The zero-order chi connectivity index (χ0) is 20.1. The molecule has 2 aromatic rings. The molecule has 1 saturated heterocycles. The summed E-state index contributed by atoms with van der Waals surface area (Å²) >= 11 is 0. The molecule has 0 aliphatic carbocycles. The predicted molar refractivity (Wildman–Crippen MR) is 114 cm³/mol. The van der Waals surface area contributed by atoms with E-state index in [2.05, 4.69) is 15.2 Å². The molecule has 160 valence electrons. The molecule has 9 heteroatoms. The number of rotatable bonds is 7. The number of aryl methyl sites for hydroxylation is 1. The lowest BCUT2D eigenvalue weighted by atomic mass is 10.1. The first-order valence-corrected chi connectivity index (χ1v) is 9.40. The fraction of sp³-hybridized carbons (Fsp3) is 0.500. The molecule has 0 saturated carbocycles. The first-order chi connectivity index (χ1) is 13.5. The largest absolute Gasteiger partial charge is 0.493 e. The third-order valence-electron chi connectivity index (χ3n) is 5.14. The van der Waals surface area contributed by atoms with Crippen molar-refractivity contribution in [3.63, 3.8) is 0 Å². The minimum absolute atomic E-state index is 0. The highest BCUT2D eigenvalue weighted by Gasteiger charge is 2.29. The zero-order valence-electron chi connectivity index (χ0n) is 17.4. The molecule has 3 rings (SSSR count). The highest BCUT2D eigenvalue weighted by molar-refractivity contribution is 5.85. The molecule has 1 amide bonds. The quantitative estimate of drug-likeness (QED) is 0.727. The average molecular weight is 424 g/mol. The van der Waals surface area contributed by atoms with E-state index in [1.807, 2.05) is 43.1 Å². The fourth-order valence-corrected chi connectivity index (χ4v) is 3.52. The number of imidazole rings is 1. The molecule has 0 bridgehead atoms. The summed E-state index contributed by atoms with van der Waals surface area (Å²) in [6, 6.07) is 5.81. The summed E-state index contributed by atoms with van der Waals surface area (Å²) in [5.41, 5.74) is 0.995. The lowest BCUT2D eigenvalue weighted by Crippen LogP contribution is -2.50. The van der Waals surface area contributed by atoms with Gasteiger partial charge in [-0.25, -0.2) is 4.98 Å². The van der Waals surface area contributed by atoms with Gasteiger partial charge in [-0.05, 0) is 17.7 Å². The van der Waals surface area contributed by atoms with Gasteiger partial charge in [0.05, 0.1) is 26.8 Å². The number of ether oxygens (including phenoxy) is 2. The molecule has 1 aliphatic rings. The standard InChI is InChI=1S/C20H29N5O3.ClH/c1-23-9-8-22-20(23)16-12-21-7-10-25(16)14-19(26)24(2)13-15-5-6-17(27-3)18(11-15)28-4;/h5-6,8-9,11,16,21H,7,10,12-14H2,1-4H3;1H. The minimum Gasteiger partial charge on any atom is -0.493 e. The summed E-state index contributed by atoms with van der Waals surface area (Å²) in [5.74, 6) is 2.40. The Balaban J connectivity index is 0.00000300. The second kappa shape index (κ2) is 10.5. The second-order valence-corrected chi connectivity index (χ2v) is 7.03. The maximum absolute atomic E-state index is 12.9. The fourth-order valence-electron chi connectivity index (χ4n) is 3.52. The van der Waals surface area contributed by atoms with Gasteiger partial charge in [0.15, 0.2) is 11.5 Å². The number of hydrogen-bond acceptors (Lipinski definition) is 6. The highest BCUT2D eigenvalue weighted by atomic mass is 35.5. The van der Waals surface area contributed by atoms with E-state index in [4.69, 9.17) is 9.47 Å². The van der Waals surface area contributed by atoms with Gasteiger partial charge in [-0.1, -0.05) is 6.07 Å². The highest BCUT2D eigenvalue weighted by Crippen LogP contribution is 2.28. The molecule has 2 heterocycles. The maximum atomic E-state index is 12.9. The van der Waals surface area contributed by atoms with Crippen LogP contribution >= 0.6 is 12.4 Å². The Hall–Kier alpha value is -2.29. The van der Waals surface area contributed by atoms with Crippen molar-refractivity contribution in [2.24, 2.45) is 7.05 Å². The molecule has 1 unspecified atom stereocenters. The van der Waals surface area contributed by atoms with Gasteiger partial charge in [0.25, 0.3) is 0 Å². The van der Waals surface area contributed by atoms with Gasteiger partial charge in [0.2, 0.25) is 5.91 Å². The van der Waals surface area contributed by atoms with Gasteiger partial charge in [0, 0.05) is 52.7 Å². The van der Waals surface area contributed by atoms with E-state index in [0.29, 0.717) is 24.6 Å². The van der Waals surface area contributed by atoms with Gasteiger partial charge in [-0.3, -0.25) is 9.69 Å². The van der Waals surface area contributed by atoms with Crippen LogP contribution in [0.3, 0.4) is 0 Å². The molecule has 0 spiro atoms. The molecule has 29 heavy (non-hydrogen) atoms. The minimum atomic E-state index is 0. The Morgan fingerprint density at radius 2 is 2.07 bits per heavy atom. The van der Waals surface area contributed by atoms with Crippen molar-refractivity contribution < 1.29 is 14.3 Å². The van der Waals surface area contributed by atoms with Crippen LogP contribution in [0.2, 0.25) is 0 Å². The molecular formula is C20H30ClN5O3. The first kappa shape index (κ1) is 23.0. The van der Waals surface area contributed by atoms with E-state index < -0.39 is 0 Å². The average Bonchev–Trinajstić information content (AvgIpc) is 3.13. The van der Waals surface area contributed by atoms with Crippen LogP contribution in [-0.4, -0.2) is 72.7 Å². The summed E-state index contributed by atoms with van der Waals surface area (Å²) in [6.45, 7) is 3.35.